The van der Waals surface area contributed by atoms with E-state index < -0.39 is 20.0 Å². The SMILES string of the molecule is CC/C=C\C/C=C\C/C=C\C/C=C\C/C=C\CCCCCCCC(=O)NC(COP(=O)(O)OCC[N+](C)(C)C)C(O)CCCCCCCCCCCCCCCCCCCCCCCCCC. The summed E-state index contributed by atoms with van der Waals surface area (Å²) in [6.07, 6.45) is 65.6. The van der Waals surface area contributed by atoms with E-state index in [0.717, 1.165) is 89.9 Å². The molecule has 1 amide bonds. The smallest absolute Gasteiger partial charge is 0.391 e. The van der Waals surface area contributed by atoms with Gasteiger partial charge >= 0.3 is 7.82 Å². The summed E-state index contributed by atoms with van der Waals surface area (Å²) in [5, 5.41) is 14.1. The van der Waals surface area contributed by atoms with Gasteiger partial charge in [0.1, 0.15) is 13.2 Å². The van der Waals surface area contributed by atoms with Gasteiger partial charge in [-0.2, -0.15) is 0 Å². The fourth-order valence-electron chi connectivity index (χ4n) is 8.13. The fourth-order valence-corrected chi connectivity index (χ4v) is 8.87. The molecule has 0 spiro atoms. The van der Waals surface area contributed by atoms with Gasteiger partial charge < -0.3 is 19.8 Å². The van der Waals surface area contributed by atoms with Crippen LogP contribution >= 0.6 is 7.82 Å². The van der Waals surface area contributed by atoms with Crippen molar-refractivity contribution in [1.29, 1.82) is 0 Å². The number of aliphatic hydroxyl groups excluding tert-OH is 1. The second kappa shape index (κ2) is 49.2. The summed E-state index contributed by atoms with van der Waals surface area (Å²) in [4.78, 5) is 23.3. The zero-order valence-electron chi connectivity index (χ0n) is 44.6. The highest BCUT2D eigenvalue weighted by Crippen LogP contribution is 2.43. The van der Waals surface area contributed by atoms with E-state index in [2.05, 4.69) is 79.9 Å². The molecule has 0 fully saturated rings. The van der Waals surface area contributed by atoms with Crippen molar-refractivity contribution in [2.75, 3.05) is 40.9 Å². The number of hydrogen-bond acceptors (Lipinski definition) is 5. The lowest BCUT2D eigenvalue weighted by Gasteiger charge is -2.26. The van der Waals surface area contributed by atoms with Gasteiger partial charge in [-0.1, -0.05) is 248 Å². The van der Waals surface area contributed by atoms with Crippen LogP contribution in [0.2, 0.25) is 0 Å². The van der Waals surface area contributed by atoms with Gasteiger partial charge in [-0.3, -0.25) is 13.8 Å². The number of hydrogen-bond donors (Lipinski definition) is 3. The molecule has 0 heterocycles. The lowest BCUT2D eigenvalue weighted by molar-refractivity contribution is -0.870. The van der Waals surface area contributed by atoms with Crippen molar-refractivity contribution in [3.63, 3.8) is 0 Å². The van der Waals surface area contributed by atoms with Gasteiger partial charge in [0.05, 0.1) is 39.9 Å². The molecule has 392 valence electrons. The third kappa shape index (κ3) is 51.9. The minimum absolute atomic E-state index is 0.0682. The van der Waals surface area contributed by atoms with E-state index in [1.807, 2.05) is 21.1 Å². The van der Waals surface area contributed by atoms with E-state index in [9.17, 15) is 19.4 Å². The average molecular weight is 962 g/mol. The lowest BCUT2D eigenvalue weighted by Crippen LogP contribution is -2.46. The number of aliphatic hydroxyl groups is 1. The molecule has 0 bridgehead atoms. The summed E-state index contributed by atoms with van der Waals surface area (Å²) < 4.78 is 23.8. The molecule has 0 aliphatic rings. The number of allylic oxidation sites excluding steroid dienone is 10. The van der Waals surface area contributed by atoms with Crippen LogP contribution in [0.4, 0.5) is 0 Å². The van der Waals surface area contributed by atoms with E-state index in [4.69, 9.17) is 9.05 Å². The number of amides is 1. The average Bonchev–Trinajstić information content (AvgIpc) is 3.29. The van der Waals surface area contributed by atoms with Crippen LogP contribution in [-0.2, 0) is 18.4 Å². The number of rotatable bonds is 51. The Labute approximate surface area is 415 Å². The van der Waals surface area contributed by atoms with Crippen molar-refractivity contribution in [3.05, 3.63) is 60.8 Å². The molecule has 0 aliphatic heterocycles. The van der Waals surface area contributed by atoms with Crippen molar-refractivity contribution in [2.45, 2.75) is 264 Å². The Morgan fingerprint density at radius 3 is 1.31 bits per heavy atom. The van der Waals surface area contributed by atoms with Crippen LogP contribution < -0.4 is 5.32 Å². The molecule has 0 aromatic rings. The first kappa shape index (κ1) is 65.2. The summed E-state index contributed by atoms with van der Waals surface area (Å²) >= 11 is 0. The summed E-state index contributed by atoms with van der Waals surface area (Å²) in [6, 6.07) is -0.775. The fraction of sp³-hybridized carbons (Fsp3) is 0.810. The van der Waals surface area contributed by atoms with Gasteiger partial charge in [0, 0.05) is 6.42 Å². The molecule has 67 heavy (non-hydrogen) atoms. The lowest BCUT2D eigenvalue weighted by atomic mass is 10.0. The predicted molar refractivity (Wildman–Crippen MR) is 290 cm³/mol. The number of phosphoric acid groups is 1. The number of quaternary nitrogens is 1. The van der Waals surface area contributed by atoms with Crippen LogP contribution in [0.1, 0.15) is 251 Å². The molecule has 0 rings (SSSR count). The van der Waals surface area contributed by atoms with Crippen LogP contribution in [0.25, 0.3) is 0 Å². The molecule has 3 atom stereocenters. The maximum atomic E-state index is 13.0. The Hall–Kier alpha value is -1.80. The van der Waals surface area contributed by atoms with Crippen molar-refractivity contribution in [2.24, 2.45) is 0 Å². The second-order valence-electron chi connectivity index (χ2n) is 20.3. The Bertz CT molecular complexity index is 1270. The number of carbonyl (C=O) groups excluding carboxylic acids is 1. The minimum Gasteiger partial charge on any atom is -0.391 e. The quantitative estimate of drug-likeness (QED) is 0.0243. The largest absolute Gasteiger partial charge is 0.472 e. The first-order valence-electron chi connectivity index (χ1n) is 28.2. The molecule has 9 heteroatoms. The van der Waals surface area contributed by atoms with Crippen molar-refractivity contribution >= 4 is 13.7 Å². The minimum atomic E-state index is -4.33. The van der Waals surface area contributed by atoms with E-state index in [0.29, 0.717) is 23.9 Å². The summed E-state index contributed by atoms with van der Waals surface area (Å²) in [6.45, 7) is 4.78. The highest BCUT2D eigenvalue weighted by Gasteiger charge is 2.28. The topological polar surface area (TPSA) is 105 Å². The second-order valence-corrected chi connectivity index (χ2v) is 21.7. The van der Waals surface area contributed by atoms with Gasteiger partial charge in [0.25, 0.3) is 0 Å². The first-order valence-corrected chi connectivity index (χ1v) is 29.6. The molecule has 8 nitrogen and oxygen atoms in total. The van der Waals surface area contributed by atoms with Gasteiger partial charge in [-0.05, 0) is 57.8 Å². The molecule has 0 saturated carbocycles. The number of unbranched alkanes of at least 4 members (excludes halogenated alkanes) is 28. The van der Waals surface area contributed by atoms with E-state index in [1.54, 1.807) is 0 Å². The predicted octanol–water partition coefficient (Wildman–Crippen LogP) is 16.9. The number of nitrogens with zero attached hydrogens (tertiary/aromatic N) is 1. The van der Waals surface area contributed by atoms with Crippen LogP contribution in [0.15, 0.2) is 60.8 Å². The molecular formula is C58H110N2O6P+. The van der Waals surface area contributed by atoms with Crippen LogP contribution in [0.3, 0.4) is 0 Å². The zero-order valence-corrected chi connectivity index (χ0v) is 45.5. The number of phosphoric ester groups is 1. The molecule has 0 radical (unpaired) electrons. The normalized spacial score (nSPS) is 14.4. The van der Waals surface area contributed by atoms with E-state index in [-0.39, 0.29) is 19.1 Å². The highest BCUT2D eigenvalue weighted by molar-refractivity contribution is 7.47. The molecule has 0 saturated heterocycles. The van der Waals surface area contributed by atoms with Gasteiger partial charge in [-0.15, -0.1) is 0 Å². The molecule has 0 aromatic heterocycles. The third-order valence-corrected chi connectivity index (χ3v) is 13.5. The Morgan fingerprint density at radius 1 is 0.522 bits per heavy atom. The number of carbonyl (C=O) groups is 1. The first-order chi connectivity index (χ1) is 32.5. The maximum absolute atomic E-state index is 13.0. The molecule has 3 N–H and O–H groups in total. The summed E-state index contributed by atoms with van der Waals surface area (Å²) in [5.41, 5.74) is 0. The van der Waals surface area contributed by atoms with Crippen LogP contribution in [0.5, 0.6) is 0 Å². The van der Waals surface area contributed by atoms with Crippen molar-refractivity contribution in [1.82, 2.24) is 5.32 Å². The Morgan fingerprint density at radius 2 is 0.896 bits per heavy atom. The Kier molecular flexibility index (Phi) is 47.9. The van der Waals surface area contributed by atoms with Gasteiger partial charge in [0.15, 0.2) is 0 Å². The highest BCUT2D eigenvalue weighted by atomic mass is 31.2. The van der Waals surface area contributed by atoms with Gasteiger partial charge in [0.2, 0.25) is 5.91 Å². The van der Waals surface area contributed by atoms with Crippen LogP contribution in [-0.4, -0.2) is 73.4 Å². The number of nitrogens with one attached hydrogen (secondary N) is 1. The summed E-state index contributed by atoms with van der Waals surface area (Å²) in [7, 11) is 1.60. The molecular weight excluding hydrogens is 852 g/mol. The molecule has 0 aromatic carbocycles. The monoisotopic (exact) mass is 962 g/mol. The van der Waals surface area contributed by atoms with Crippen molar-refractivity contribution in [3.8, 4) is 0 Å². The third-order valence-electron chi connectivity index (χ3n) is 12.5. The molecule has 0 aliphatic carbocycles. The van der Waals surface area contributed by atoms with E-state index in [1.165, 1.54) is 135 Å². The Balaban J connectivity index is 4.23. The summed E-state index contributed by atoms with van der Waals surface area (Å²) in [5.74, 6) is -0.162. The van der Waals surface area contributed by atoms with Gasteiger partial charge in [-0.25, -0.2) is 4.57 Å². The number of likely N-dealkylation sites (N-methyl/N-ethyl adjacent to an activating group) is 1. The van der Waals surface area contributed by atoms with Crippen LogP contribution in [0, 0.1) is 0 Å². The standard InChI is InChI=1S/C58H109N2O6P/c1-6-8-10-12-14-16-18-20-22-24-26-28-29-30-32-33-35-37-39-41-43-45-47-49-51-57(61)56(55-66-67(63,64)65-54-53-60(3,4)5)59-58(62)52-50-48-46-44-42-40-38-36-34-31-27-25-23-21-19-17-15-13-11-9-7-2/h9,11,15,17,21,23,27,31,36,38,56-57,61H,6-8,10,12-14,16,18-20,22,24-26,28-30,32-35,37,39-55H2,1-5H3,(H-,59,62,63,64)/p+1/b11-9-,17-15-,23-21-,31-27-,38-36-. The van der Waals surface area contributed by atoms with E-state index >= 15 is 0 Å². The maximum Gasteiger partial charge on any atom is 0.472 e. The molecule has 3 unspecified atom stereocenters. The zero-order chi connectivity index (χ0) is 49.2. The van der Waals surface area contributed by atoms with Crippen molar-refractivity contribution < 1.29 is 32.9 Å².